The van der Waals surface area contributed by atoms with E-state index in [1.165, 1.54) is 28.4 Å². The number of rotatable bonds is 9. The fourth-order valence-electron chi connectivity index (χ4n) is 10.8. The predicted octanol–water partition coefficient (Wildman–Crippen LogP) is 6.55. The van der Waals surface area contributed by atoms with E-state index < -0.39 is 53.3 Å². The quantitative estimate of drug-likeness (QED) is 0.174. The van der Waals surface area contributed by atoms with Crippen molar-refractivity contribution in [2.24, 2.45) is 23.2 Å². The minimum absolute atomic E-state index is 0.0881. The minimum atomic E-state index is -1.07. The number of hydrazine groups is 1. The van der Waals surface area contributed by atoms with Gasteiger partial charge in [-0.3, -0.25) is 29.2 Å². The second-order valence-corrected chi connectivity index (χ2v) is 20.6. The van der Waals surface area contributed by atoms with Crippen molar-refractivity contribution in [3.8, 4) is 22.5 Å². The van der Waals surface area contributed by atoms with E-state index in [-0.39, 0.29) is 43.4 Å². The Kier molecular flexibility index (Phi) is 14.4. The molecule has 2 saturated heterocycles. The number of amides is 4. The van der Waals surface area contributed by atoms with Gasteiger partial charge in [-0.05, 0) is 87.6 Å². The molecular formula is C50H66N8O8S. The number of cyclic esters (lactones) is 1. The number of ether oxygens (including phenoxy) is 3. The zero-order valence-electron chi connectivity index (χ0n) is 40.1. The van der Waals surface area contributed by atoms with Crippen molar-refractivity contribution in [3.05, 3.63) is 58.2 Å². The molecular weight excluding hydrogens is 873 g/mol. The van der Waals surface area contributed by atoms with Gasteiger partial charge in [0, 0.05) is 85.8 Å². The number of aryl methyl sites for hydroxylation is 1. The summed E-state index contributed by atoms with van der Waals surface area (Å²) in [4.78, 5) is 83.3. The number of hydrogen-bond acceptors (Lipinski definition) is 12. The van der Waals surface area contributed by atoms with Gasteiger partial charge in [-0.15, -0.1) is 11.3 Å². The molecule has 360 valence electrons. The van der Waals surface area contributed by atoms with Crippen LogP contribution in [0.15, 0.2) is 41.9 Å². The van der Waals surface area contributed by atoms with Crippen LogP contribution in [-0.4, -0.2) is 125 Å². The Morgan fingerprint density at radius 1 is 1.09 bits per heavy atom. The van der Waals surface area contributed by atoms with Crippen LogP contribution in [0.25, 0.3) is 33.4 Å². The maximum atomic E-state index is 14.8. The molecule has 16 nitrogen and oxygen atoms in total. The molecule has 0 spiro atoms. The molecule has 1 aliphatic carbocycles. The first-order chi connectivity index (χ1) is 32.1. The highest BCUT2D eigenvalue weighted by atomic mass is 32.1. The summed E-state index contributed by atoms with van der Waals surface area (Å²) in [7, 11) is 4.67. The number of nitrogens with zero attached hydrogens (tertiary/aromatic N) is 6. The van der Waals surface area contributed by atoms with E-state index in [9.17, 15) is 24.0 Å². The summed E-state index contributed by atoms with van der Waals surface area (Å²) in [6, 6.07) is 7.74. The van der Waals surface area contributed by atoms with E-state index in [1.807, 2.05) is 25.3 Å². The smallest absolute Gasteiger partial charge is 0.409 e. The van der Waals surface area contributed by atoms with Crippen molar-refractivity contribution in [1.29, 1.82) is 0 Å². The first-order valence-corrected chi connectivity index (χ1v) is 24.7. The number of nitrogens with one attached hydrogen (secondary N) is 2. The summed E-state index contributed by atoms with van der Waals surface area (Å²) in [6.07, 6.45) is 6.11. The van der Waals surface area contributed by atoms with Crippen LogP contribution in [0.4, 0.5) is 4.79 Å². The number of aromatic nitrogens is 3. The van der Waals surface area contributed by atoms with Crippen LogP contribution in [0.5, 0.6) is 0 Å². The SMILES string of the molecule is CCn1c(-c2cccnc2[C@H](C)OC)c2c3cc(ccc31)-c1csc(n1)C[C@H](NC(=O)[C@H](C1CCCC1)N(C)C(=O)[C@@H]1CN(C(=O)OC)C[C@@H]1C)C(=O)N1CCC[C@H](N1)C(=O)OCC(C)(C)C2. The maximum Gasteiger partial charge on any atom is 0.409 e. The van der Waals surface area contributed by atoms with Gasteiger partial charge in [-0.1, -0.05) is 39.7 Å². The summed E-state index contributed by atoms with van der Waals surface area (Å²) >= 11 is 1.42. The fourth-order valence-corrected chi connectivity index (χ4v) is 11.6. The summed E-state index contributed by atoms with van der Waals surface area (Å²) in [6.45, 7) is 12.0. The molecule has 4 amide bonds. The Bertz CT molecular complexity index is 2500. The lowest BCUT2D eigenvalue weighted by atomic mass is 9.84. The summed E-state index contributed by atoms with van der Waals surface area (Å²) < 4.78 is 19.2. The lowest BCUT2D eigenvalue weighted by molar-refractivity contribution is -0.155. The number of benzene rings is 1. The van der Waals surface area contributed by atoms with Gasteiger partial charge in [0.05, 0.1) is 47.8 Å². The number of esters is 1. The molecule has 6 atom stereocenters. The highest BCUT2D eigenvalue weighted by molar-refractivity contribution is 7.10. The molecule has 6 bridgehead atoms. The number of carbonyl (C=O) groups excluding carboxylic acids is 5. The molecule has 0 unspecified atom stereocenters. The molecule has 6 heterocycles. The van der Waals surface area contributed by atoms with Crippen molar-refractivity contribution in [2.45, 2.75) is 117 Å². The van der Waals surface area contributed by atoms with Gasteiger partial charge in [-0.25, -0.2) is 15.2 Å². The maximum absolute atomic E-state index is 14.8. The Labute approximate surface area is 397 Å². The van der Waals surface area contributed by atoms with Crippen LogP contribution in [0.1, 0.15) is 95.5 Å². The predicted molar refractivity (Wildman–Crippen MR) is 254 cm³/mol. The number of fused-ring (bicyclic) bond motifs is 6. The Morgan fingerprint density at radius 3 is 2.60 bits per heavy atom. The molecule has 2 N–H and O–H groups in total. The second-order valence-electron chi connectivity index (χ2n) is 19.7. The van der Waals surface area contributed by atoms with Gasteiger partial charge in [0.2, 0.25) is 11.8 Å². The number of pyridine rings is 1. The van der Waals surface area contributed by atoms with Crippen LogP contribution < -0.4 is 10.7 Å². The van der Waals surface area contributed by atoms with Crippen LogP contribution in [0.3, 0.4) is 0 Å². The monoisotopic (exact) mass is 938 g/mol. The molecule has 1 aromatic carbocycles. The van der Waals surface area contributed by atoms with Crippen molar-refractivity contribution in [1.82, 2.24) is 40.1 Å². The molecule has 3 aliphatic heterocycles. The van der Waals surface area contributed by atoms with E-state index in [4.69, 9.17) is 24.2 Å². The van der Waals surface area contributed by atoms with Gasteiger partial charge in [-0.2, -0.15) is 0 Å². The topological polar surface area (TPSA) is 178 Å². The Hall–Kier alpha value is -5.39. The number of methoxy groups -OCH3 is 2. The third kappa shape index (κ3) is 9.82. The Balaban J connectivity index is 1.17. The molecule has 4 aromatic rings. The molecule has 0 radical (unpaired) electrons. The molecule has 67 heavy (non-hydrogen) atoms. The highest BCUT2D eigenvalue weighted by Crippen LogP contribution is 2.42. The van der Waals surface area contributed by atoms with Gasteiger partial charge >= 0.3 is 12.1 Å². The normalized spacial score (nSPS) is 23.4. The molecule has 17 heteroatoms. The largest absolute Gasteiger partial charge is 0.464 e. The van der Waals surface area contributed by atoms with Crippen LogP contribution in [0.2, 0.25) is 0 Å². The Morgan fingerprint density at radius 2 is 1.87 bits per heavy atom. The first-order valence-electron chi connectivity index (χ1n) is 23.8. The molecule has 3 fully saturated rings. The summed E-state index contributed by atoms with van der Waals surface area (Å²) in [5.41, 5.74) is 9.32. The van der Waals surface area contributed by atoms with Crippen molar-refractivity contribution in [2.75, 3.05) is 47.5 Å². The van der Waals surface area contributed by atoms with Gasteiger partial charge in [0.1, 0.15) is 18.1 Å². The standard InChI is InChI=1S/C50H66N8O8S/c1-9-57-40-19-18-32-22-34(40)35(44(57)33-16-12-20-51-42(33)30(3)64-7)24-50(4,5)28-66-48(62)37-17-13-21-58(54-37)47(61)38(23-41-52-39(32)27-67-41)53-45(59)43(31-14-10-11-15-31)55(6)46(60)36-26-56(25-29(36)2)49(63)65-8/h12,16,18-20,22,27,29-31,36-38,43,54H,9-11,13-15,17,21,23-26,28H2,1-8H3,(H,53,59)/t29-,30-,36+,37-,38-,43-/m0/s1. The lowest BCUT2D eigenvalue weighted by Gasteiger charge is -2.37. The number of carbonyl (C=O) groups is 5. The third-order valence-corrected chi connectivity index (χ3v) is 15.3. The van der Waals surface area contributed by atoms with Crippen LogP contribution in [0, 0.1) is 23.2 Å². The number of likely N-dealkylation sites (N-methyl/N-ethyl adjacent to an activating group) is 1. The van der Waals surface area contributed by atoms with Gasteiger partial charge in [0.15, 0.2) is 0 Å². The first kappa shape index (κ1) is 48.1. The van der Waals surface area contributed by atoms with Crippen LogP contribution in [-0.2, 0) is 52.8 Å². The van der Waals surface area contributed by atoms with Crippen molar-refractivity contribution < 1.29 is 38.2 Å². The zero-order chi connectivity index (χ0) is 47.7. The zero-order valence-corrected chi connectivity index (χ0v) is 40.9. The molecule has 1 saturated carbocycles. The number of likely N-dealkylation sites (tertiary alicyclic amines) is 1. The molecule has 3 aromatic heterocycles. The lowest BCUT2D eigenvalue weighted by Crippen LogP contribution is -2.62. The summed E-state index contributed by atoms with van der Waals surface area (Å²) in [5, 5.41) is 8.25. The summed E-state index contributed by atoms with van der Waals surface area (Å²) in [5.74, 6) is -2.26. The van der Waals surface area contributed by atoms with E-state index >= 15 is 0 Å². The number of hydrogen-bond donors (Lipinski definition) is 2. The van der Waals surface area contributed by atoms with E-state index in [1.54, 1.807) is 25.3 Å². The highest BCUT2D eigenvalue weighted by Gasteiger charge is 2.45. The third-order valence-electron chi connectivity index (χ3n) is 14.4. The van der Waals surface area contributed by atoms with Crippen molar-refractivity contribution in [3.63, 3.8) is 0 Å². The van der Waals surface area contributed by atoms with Gasteiger partial charge in [0.25, 0.3) is 5.91 Å². The van der Waals surface area contributed by atoms with Crippen LogP contribution >= 0.6 is 11.3 Å². The van der Waals surface area contributed by atoms with E-state index in [0.717, 1.165) is 70.4 Å². The minimum Gasteiger partial charge on any atom is -0.464 e. The average Bonchev–Trinajstić information content (AvgIpc) is 4.16. The fraction of sp³-hybridized carbons (Fsp3) is 0.580. The number of thiazole rings is 1. The molecule has 4 aliphatic rings. The average molecular weight is 939 g/mol. The van der Waals surface area contributed by atoms with Gasteiger partial charge < -0.3 is 33.9 Å². The molecule has 8 rings (SSSR count). The van der Waals surface area contributed by atoms with E-state index in [2.05, 4.69) is 60.3 Å². The second kappa shape index (κ2) is 20.1. The van der Waals surface area contributed by atoms with E-state index in [0.29, 0.717) is 43.9 Å². The van der Waals surface area contributed by atoms with Crippen molar-refractivity contribution >= 4 is 52.0 Å².